The van der Waals surface area contributed by atoms with Crippen molar-refractivity contribution in [2.75, 3.05) is 26.2 Å². The number of para-hydroxylation sites is 2. The molecular formula is C15H21NO3. The first-order valence-electron chi connectivity index (χ1n) is 7.12. The second kappa shape index (κ2) is 5.80. The summed E-state index contributed by atoms with van der Waals surface area (Å²) < 4.78 is 11.5. The number of aliphatic hydroxyl groups is 1. The second-order valence-electron chi connectivity index (χ2n) is 5.34. The zero-order valence-corrected chi connectivity index (χ0v) is 11.1. The maximum Gasteiger partial charge on any atom is 0.161 e. The van der Waals surface area contributed by atoms with Gasteiger partial charge in [0.05, 0.1) is 0 Å². The number of β-amino-alcohol motifs (C(OH)–C–C–N with tert-alkyl or cyclic N) is 1. The molecule has 2 unspecified atom stereocenters. The van der Waals surface area contributed by atoms with Crippen LogP contribution in [0.25, 0.3) is 0 Å². The van der Waals surface area contributed by atoms with Crippen LogP contribution >= 0.6 is 0 Å². The van der Waals surface area contributed by atoms with Crippen LogP contribution in [-0.4, -0.2) is 48.5 Å². The van der Waals surface area contributed by atoms with E-state index in [4.69, 9.17) is 9.47 Å². The van der Waals surface area contributed by atoms with Gasteiger partial charge in [0.15, 0.2) is 17.6 Å². The summed E-state index contributed by atoms with van der Waals surface area (Å²) in [6.07, 6.45) is 3.02. The van der Waals surface area contributed by atoms with Crippen molar-refractivity contribution in [3.05, 3.63) is 24.3 Å². The molecule has 0 amide bonds. The van der Waals surface area contributed by atoms with Crippen molar-refractivity contribution >= 4 is 0 Å². The normalized spacial score (nSPS) is 25.0. The first-order valence-corrected chi connectivity index (χ1v) is 7.12. The van der Waals surface area contributed by atoms with Gasteiger partial charge in [-0.2, -0.15) is 0 Å². The Labute approximate surface area is 113 Å². The summed E-state index contributed by atoms with van der Waals surface area (Å²) in [6, 6.07) is 7.62. The largest absolute Gasteiger partial charge is 0.486 e. The van der Waals surface area contributed by atoms with Crippen LogP contribution < -0.4 is 9.47 Å². The van der Waals surface area contributed by atoms with Gasteiger partial charge in [-0.25, -0.2) is 0 Å². The van der Waals surface area contributed by atoms with Gasteiger partial charge < -0.3 is 19.5 Å². The smallest absolute Gasteiger partial charge is 0.161 e. The lowest BCUT2D eigenvalue weighted by atomic mass is 10.1. The summed E-state index contributed by atoms with van der Waals surface area (Å²) in [5, 5.41) is 10.3. The predicted molar refractivity (Wildman–Crippen MR) is 72.7 cm³/mol. The van der Waals surface area contributed by atoms with Crippen LogP contribution in [0.2, 0.25) is 0 Å². The quantitative estimate of drug-likeness (QED) is 0.901. The number of ether oxygens (including phenoxy) is 2. The van der Waals surface area contributed by atoms with Gasteiger partial charge in [-0.1, -0.05) is 18.6 Å². The number of benzene rings is 1. The molecule has 0 aliphatic carbocycles. The molecule has 0 spiro atoms. The molecular weight excluding hydrogens is 242 g/mol. The fourth-order valence-corrected chi connectivity index (χ4v) is 2.75. The van der Waals surface area contributed by atoms with Gasteiger partial charge in [-0.3, -0.25) is 0 Å². The minimum atomic E-state index is -0.494. The van der Waals surface area contributed by atoms with Crippen molar-refractivity contribution in [3.63, 3.8) is 0 Å². The highest BCUT2D eigenvalue weighted by atomic mass is 16.6. The molecule has 0 radical (unpaired) electrons. The number of hydrogen-bond donors (Lipinski definition) is 1. The third kappa shape index (κ3) is 3.01. The molecule has 19 heavy (non-hydrogen) atoms. The van der Waals surface area contributed by atoms with Crippen molar-refractivity contribution < 1.29 is 14.6 Å². The van der Waals surface area contributed by atoms with Crippen LogP contribution in [0.1, 0.15) is 19.3 Å². The van der Waals surface area contributed by atoms with E-state index in [1.807, 2.05) is 24.3 Å². The molecule has 1 aromatic carbocycles. The van der Waals surface area contributed by atoms with E-state index in [9.17, 15) is 5.11 Å². The summed E-state index contributed by atoms with van der Waals surface area (Å²) >= 11 is 0. The number of likely N-dealkylation sites (tertiary alicyclic amines) is 1. The Hall–Kier alpha value is -1.26. The first-order chi connectivity index (χ1) is 9.33. The fourth-order valence-electron chi connectivity index (χ4n) is 2.75. The molecule has 4 nitrogen and oxygen atoms in total. The molecule has 3 rings (SSSR count). The summed E-state index contributed by atoms with van der Waals surface area (Å²) in [5.74, 6) is 1.50. The van der Waals surface area contributed by atoms with Gasteiger partial charge >= 0.3 is 0 Å². The molecule has 0 bridgehead atoms. The van der Waals surface area contributed by atoms with Crippen molar-refractivity contribution in [3.8, 4) is 11.5 Å². The Morgan fingerprint density at radius 2 is 1.89 bits per heavy atom. The van der Waals surface area contributed by atoms with Crippen LogP contribution in [0.3, 0.4) is 0 Å². The maximum atomic E-state index is 10.3. The van der Waals surface area contributed by atoms with Gasteiger partial charge in [-0.05, 0) is 38.1 Å². The maximum absolute atomic E-state index is 10.3. The highest BCUT2D eigenvalue weighted by Crippen LogP contribution is 2.31. The Kier molecular flexibility index (Phi) is 3.89. The van der Waals surface area contributed by atoms with Crippen molar-refractivity contribution in [1.29, 1.82) is 0 Å². The third-order valence-electron chi connectivity index (χ3n) is 3.85. The van der Waals surface area contributed by atoms with Gasteiger partial charge in [0, 0.05) is 6.54 Å². The van der Waals surface area contributed by atoms with Gasteiger partial charge in [0.25, 0.3) is 0 Å². The zero-order chi connectivity index (χ0) is 13.1. The number of hydrogen-bond acceptors (Lipinski definition) is 4. The number of piperidine rings is 1. The van der Waals surface area contributed by atoms with Crippen molar-refractivity contribution in [2.24, 2.45) is 0 Å². The minimum absolute atomic E-state index is 0.267. The lowest BCUT2D eigenvalue weighted by molar-refractivity contribution is -0.0274. The van der Waals surface area contributed by atoms with Gasteiger partial charge in [0.1, 0.15) is 12.7 Å². The van der Waals surface area contributed by atoms with Crippen molar-refractivity contribution in [1.82, 2.24) is 4.90 Å². The first kappa shape index (κ1) is 12.8. The SMILES string of the molecule is OC(CN1CCCCC1)C1COc2ccccc2O1. The van der Waals surface area contributed by atoms with E-state index in [2.05, 4.69) is 4.90 Å². The molecule has 0 saturated carbocycles. The van der Waals surface area contributed by atoms with Crippen LogP contribution in [-0.2, 0) is 0 Å². The highest BCUT2D eigenvalue weighted by Gasteiger charge is 2.29. The second-order valence-corrected chi connectivity index (χ2v) is 5.34. The molecule has 1 aromatic rings. The van der Waals surface area contributed by atoms with Crippen LogP contribution in [0.4, 0.5) is 0 Å². The monoisotopic (exact) mass is 263 g/mol. The Morgan fingerprint density at radius 3 is 2.68 bits per heavy atom. The Balaban J connectivity index is 1.58. The van der Waals surface area contributed by atoms with E-state index in [0.717, 1.165) is 24.6 Å². The lowest BCUT2D eigenvalue weighted by Gasteiger charge is -2.34. The Bertz CT molecular complexity index is 418. The summed E-state index contributed by atoms with van der Waals surface area (Å²) in [5.41, 5.74) is 0. The fraction of sp³-hybridized carbons (Fsp3) is 0.600. The minimum Gasteiger partial charge on any atom is -0.486 e. The molecule has 1 N–H and O–H groups in total. The highest BCUT2D eigenvalue weighted by molar-refractivity contribution is 5.40. The summed E-state index contributed by atoms with van der Waals surface area (Å²) in [4.78, 5) is 2.32. The standard InChI is InChI=1S/C15H21NO3/c17-12(10-16-8-4-1-5-9-16)15-11-18-13-6-2-3-7-14(13)19-15/h2-3,6-7,12,15,17H,1,4-5,8-11H2. The molecule has 2 aliphatic heterocycles. The van der Waals surface area contributed by atoms with Crippen molar-refractivity contribution in [2.45, 2.75) is 31.5 Å². The van der Waals surface area contributed by atoms with E-state index in [-0.39, 0.29) is 6.10 Å². The molecule has 4 heteroatoms. The van der Waals surface area contributed by atoms with E-state index >= 15 is 0 Å². The lowest BCUT2D eigenvalue weighted by Crippen LogP contribution is -2.47. The molecule has 2 atom stereocenters. The van der Waals surface area contributed by atoms with Crippen LogP contribution in [0, 0.1) is 0 Å². The Morgan fingerprint density at radius 1 is 1.16 bits per heavy atom. The van der Waals surface area contributed by atoms with Crippen LogP contribution in [0.5, 0.6) is 11.5 Å². The molecule has 1 saturated heterocycles. The topological polar surface area (TPSA) is 41.9 Å². The third-order valence-corrected chi connectivity index (χ3v) is 3.85. The molecule has 1 fully saturated rings. The molecule has 0 aromatic heterocycles. The number of nitrogens with zero attached hydrogens (tertiary/aromatic N) is 1. The molecule has 2 aliphatic rings. The van der Waals surface area contributed by atoms with Gasteiger partial charge in [-0.15, -0.1) is 0 Å². The van der Waals surface area contributed by atoms with Gasteiger partial charge in [0.2, 0.25) is 0 Å². The van der Waals surface area contributed by atoms with E-state index in [0.29, 0.717) is 13.2 Å². The van der Waals surface area contributed by atoms with E-state index < -0.39 is 6.10 Å². The molecule has 2 heterocycles. The average molecular weight is 263 g/mol. The number of rotatable bonds is 3. The average Bonchev–Trinajstić information content (AvgIpc) is 2.48. The number of aliphatic hydroxyl groups excluding tert-OH is 1. The zero-order valence-electron chi connectivity index (χ0n) is 11.1. The number of fused-ring (bicyclic) bond motifs is 1. The van der Waals surface area contributed by atoms with E-state index in [1.165, 1.54) is 19.3 Å². The van der Waals surface area contributed by atoms with E-state index in [1.54, 1.807) is 0 Å². The summed E-state index contributed by atoms with van der Waals surface area (Å²) in [7, 11) is 0. The summed E-state index contributed by atoms with van der Waals surface area (Å²) in [6.45, 7) is 3.27. The molecule has 104 valence electrons. The van der Waals surface area contributed by atoms with Crippen LogP contribution in [0.15, 0.2) is 24.3 Å². The predicted octanol–water partition coefficient (Wildman–Crippen LogP) is 1.67.